The summed E-state index contributed by atoms with van der Waals surface area (Å²) in [7, 11) is 2.19. The van der Waals surface area contributed by atoms with Gasteiger partial charge in [0.05, 0.1) is 5.54 Å². The van der Waals surface area contributed by atoms with Gasteiger partial charge in [-0.15, -0.1) is 0 Å². The average molecular weight is 267 g/mol. The Labute approximate surface area is 116 Å². The molecule has 0 aromatic rings. The van der Waals surface area contributed by atoms with Crippen molar-refractivity contribution in [2.24, 2.45) is 23.3 Å². The maximum absolute atomic E-state index is 11.5. The van der Waals surface area contributed by atoms with Gasteiger partial charge in [-0.1, -0.05) is 19.3 Å². The third kappa shape index (κ3) is 3.48. The Balaban J connectivity index is 1.76. The number of hydrogen-bond acceptors (Lipinski definition) is 3. The molecule has 0 bridgehead atoms. The third-order valence-corrected chi connectivity index (χ3v) is 5.23. The lowest BCUT2D eigenvalue weighted by atomic mass is 9.85. The van der Waals surface area contributed by atoms with E-state index in [4.69, 9.17) is 11.5 Å². The van der Waals surface area contributed by atoms with Crippen LogP contribution < -0.4 is 11.5 Å². The molecule has 0 aliphatic heterocycles. The lowest BCUT2D eigenvalue weighted by molar-refractivity contribution is -0.124. The van der Waals surface area contributed by atoms with E-state index in [1.54, 1.807) is 0 Å². The van der Waals surface area contributed by atoms with Crippen LogP contribution >= 0.6 is 0 Å². The van der Waals surface area contributed by atoms with Crippen molar-refractivity contribution in [2.45, 2.75) is 56.9 Å². The number of carbonyl (C=O) groups is 1. The summed E-state index contributed by atoms with van der Waals surface area (Å²) in [6, 6.07) is 0. The van der Waals surface area contributed by atoms with Crippen molar-refractivity contribution >= 4 is 5.91 Å². The standard InChI is InChI=1S/C15H29N3O/c1-18(11-12-5-2-3-6-12)10-8-13-7-4-9-15(13,17)14(16)19/h12-13H,2-11,17H2,1H3,(H2,16,19). The predicted molar refractivity (Wildman–Crippen MR) is 77.5 cm³/mol. The monoisotopic (exact) mass is 267 g/mol. The summed E-state index contributed by atoms with van der Waals surface area (Å²) in [6.07, 6.45) is 9.42. The van der Waals surface area contributed by atoms with Crippen LogP contribution in [0.4, 0.5) is 0 Å². The van der Waals surface area contributed by atoms with Crippen LogP contribution in [0.5, 0.6) is 0 Å². The van der Waals surface area contributed by atoms with E-state index in [0.717, 1.165) is 38.1 Å². The zero-order valence-electron chi connectivity index (χ0n) is 12.2. The van der Waals surface area contributed by atoms with Gasteiger partial charge in [0.1, 0.15) is 0 Å². The SMILES string of the molecule is CN(CCC1CCCC1(N)C(N)=O)CC1CCCC1. The Kier molecular flexibility index (Phi) is 4.85. The summed E-state index contributed by atoms with van der Waals surface area (Å²) in [4.78, 5) is 14.0. The van der Waals surface area contributed by atoms with Crippen molar-refractivity contribution in [3.05, 3.63) is 0 Å². The highest BCUT2D eigenvalue weighted by Crippen LogP contribution is 2.36. The van der Waals surface area contributed by atoms with Crippen molar-refractivity contribution in [3.8, 4) is 0 Å². The Morgan fingerprint density at radius 3 is 2.58 bits per heavy atom. The summed E-state index contributed by atoms with van der Waals surface area (Å²) in [5.41, 5.74) is 10.9. The minimum absolute atomic E-state index is 0.274. The molecule has 110 valence electrons. The second kappa shape index (κ2) is 6.23. The molecule has 4 N–H and O–H groups in total. The Hall–Kier alpha value is -0.610. The second-order valence-corrected chi connectivity index (χ2v) is 6.70. The highest BCUT2D eigenvalue weighted by Gasteiger charge is 2.43. The largest absolute Gasteiger partial charge is 0.368 e. The summed E-state index contributed by atoms with van der Waals surface area (Å²) >= 11 is 0. The van der Waals surface area contributed by atoms with Crippen LogP contribution in [0.25, 0.3) is 0 Å². The molecule has 2 fully saturated rings. The van der Waals surface area contributed by atoms with E-state index in [1.165, 1.54) is 32.2 Å². The van der Waals surface area contributed by atoms with Gasteiger partial charge in [0.15, 0.2) is 0 Å². The van der Waals surface area contributed by atoms with Gasteiger partial charge in [-0.3, -0.25) is 4.79 Å². The molecule has 0 aromatic heterocycles. The molecule has 0 spiro atoms. The molecule has 2 saturated carbocycles. The van der Waals surface area contributed by atoms with Crippen LogP contribution in [0, 0.1) is 11.8 Å². The van der Waals surface area contributed by atoms with E-state index in [9.17, 15) is 4.79 Å². The first-order chi connectivity index (χ1) is 9.02. The fraction of sp³-hybridized carbons (Fsp3) is 0.933. The van der Waals surface area contributed by atoms with Gasteiger partial charge >= 0.3 is 0 Å². The van der Waals surface area contributed by atoms with Crippen LogP contribution in [0.3, 0.4) is 0 Å². The Bertz CT molecular complexity index is 315. The smallest absolute Gasteiger partial charge is 0.237 e. The first kappa shape index (κ1) is 14.8. The van der Waals surface area contributed by atoms with Crippen LogP contribution in [0.2, 0.25) is 0 Å². The molecule has 4 nitrogen and oxygen atoms in total. The van der Waals surface area contributed by atoms with Gasteiger partial charge in [0.25, 0.3) is 0 Å². The van der Waals surface area contributed by atoms with E-state index in [1.807, 2.05) is 0 Å². The van der Waals surface area contributed by atoms with Crippen molar-refractivity contribution < 1.29 is 4.79 Å². The van der Waals surface area contributed by atoms with Gasteiger partial charge in [-0.25, -0.2) is 0 Å². The van der Waals surface area contributed by atoms with Crippen molar-refractivity contribution in [3.63, 3.8) is 0 Å². The molecule has 2 atom stereocenters. The zero-order chi connectivity index (χ0) is 13.9. The summed E-state index contributed by atoms with van der Waals surface area (Å²) in [6.45, 7) is 2.23. The van der Waals surface area contributed by atoms with E-state index >= 15 is 0 Å². The second-order valence-electron chi connectivity index (χ2n) is 6.70. The molecule has 19 heavy (non-hydrogen) atoms. The van der Waals surface area contributed by atoms with Gasteiger partial charge in [0.2, 0.25) is 5.91 Å². The number of carbonyl (C=O) groups excluding carboxylic acids is 1. The molecule has 0 saturated heterocycles. The quantitative estimate of drug-likeness (QED) is 0.765. The highest BCUT2D eigenvalue weighted by molar-refractivity contribution is 5.85. The molecule has 1 amide bonds. The number of primary amides is 1. The topological polar surface area (TPSA) is 72.3 Å². The molecule has 2 rings (SSSR count). The van der Waals surface area contributed by atoms with E-state index in [-0.39, 0.29) is 11.8 Å². The third-order valence-electron chi connectivity index (χ3n) is 5.23. The summed E-state index contributed by atoms with van der Waals surface area (Å²) in [5, 5.41) is 0. The van der Waals surface area contributed by atoms with Crippen molar-refractivity contribution in [1.82, 2.24) is 4.90 Å². The predicted octanol–water partition coefficient (Wildman–Crippen LogP) is 1.48. The number of rotatable bonds is 6. The van der Waals surface area contributed by atoms with E-state index in [0.29, 0.717) is 0 Å². The molecular weight excluding hydrogens is 238 g/mol. The zero-order valence-corrected chi connectivity index (χ0v) is 12.2. The fourth-order valence-electron chi connectivity index (χ4n) is 3.93. The summed E-state index contributed by atoms with van der Waals surface area (Å²) < 4.78 is 0. The van der Waals surface area contributed by atoms with Crippen LogP contribution in [0.1, 0.15) is 51.4 Å². The molecule has 2 unspecified atom stereocenters. The number of amides is 1. The van der Waals surface area contributed by atoms with Gasteiger partial charge in [-0.2, -0.15) is 0 Å². The van der Waals surface area contributed by atoms with Crippen LogP contribution in [-0.4, -0.2) is 36.5 Å². The van der Waals surface area contributed by atoms with Crippen molar-refractivity contribution in [2.75, 3.05) is 20.1 Å². The minimum atomic E-state index is -0.742. The van der Waals surface area contributed by atoms with Crippen LogP contribution in [-0.2, 0) is 4.79 Å². The maximum Gasteiger partial charge on any atom is 0.237 e. The number of nitrogens with two attached hydrogens (primary N) is 2. The molecule has 0 aromatic carbocycles. The van der Waals surface area contributed by atoms with Gasteiger partial charge in [-0.05, 0) is 57.5 Å². The minimum Gasteiger partial charge on any atom is -0.368 e. The molecular formula is C15H29N3O. The molecule has 4 heteroatoms. The number of hydrogen-bond donors (Lipinski definition) is 2. The van der Waals surface area contributed by atoms with Crippen molar-refractivity contribution in [1.29, 1.82) is 0 Å². The maximum atomic E-state index is 11.5. The Morgan fingerprint density at radius 1 is 1.26 bits per heavy atom. The molecule has 2 aliphatic rings. The summed E-state index contributed by atoms with van der Waals surface area (Å²) in [5.74, 6) is 0.844. The van der Waals surface area contributed by atoms with E-state index < -0.39 is 5.54 Å². The molecule has 0 radical (unpaired) electrons. The molecule has 2 aliphatic carbocycles. The normalized spacial score (nSPS) is 32.3. The number of nitrogens with zero attached hydrogens (tertiary/aromatic N) is 1. The Morgan fingerprint density at radius 2 is 1.95 bits per heavy atom. The average Bonchev–Trinajstić information content (AvgIpc) is 2.97. The first-order valence-corrected chi connectivity index (χ1v) is 7.79. The van der Waals surface area contributed by atoms with Crippen LogP contribution in [0.15, 0.2) is 0 Å². The fourth-order valence-corrected chi connectivity index (χ4v) is 3.93. The van der Waals surface area contributed by atoms with E-state index in [2.05, 4.69) is 11.9 Å². The van der Waals surface area contributed by atoms with Gasteiger partial charge in [0, 0.05) is 6.54 Å². The van der Waals surface area contributed by atoms with Gasteiger partial charge < -0.3 is 16.4 Å². The highest BCUT2D eigenvalue weighted by atomic mass is 16.1. The lowest BCUT2D eigenvalue weighted by Crippen LogP contribution is -2.55. The molecule has 0 heterocycles. The lowest BCUT2D eigenvalue weighted by Gasteiger charge is -2.30. The first-order valence-electron chi connectivity index (χ1n) is 7.79.